The van der Waals surface area contributed by atoms with Gasteiger partial charge in [-0.15, -0.1) is 0 Å². The average molecular weight is 881 g/mol. The summed E-state index contributed by atoms with van der Waals surface area (Å²) in [6, 6.07) is 77.0. The van der Waals surface area contributed by atoms with Gasteiger partial charge in [0.25, 0.3) is 0 Å². The van der Waals surface area contributed by atoms with Crippen molar-refractivity contribution in [1.29, 1.82) is 0 Å². The quantitative estimate of drug-likeness (QED) is 0.172. The molecule has 0 fully saturated rings. The lowest BCUT2D eigenvalue weighted by molar-refractivity contribution is 0.668. The van der Waals surface area contributed by atoms with Crippen LogP contribution in [0.25, 0.3) is 149 Å². The van der Waals surface area contributed by atoms with Gasteiger partial charge in [0.05, 0.1) is 16.7 Å². The summed E-state index contributed by atoms with van der Waals surface area (Å²) in [6.07, 6.45) is 0. The van der Waals surface area contributed by atoms with Crippen molar-refractivity contribution in [2.24, 2.45) is 0 Å². The van der Waals surface area contributed by atoms with Gasteiger partial charge in [0.2, 0.25) is 0 Å². The Morgan fingerprint density at radius 3 is 1.38 bits per heavy atom. The van der Waals surface area contributed by atoms with E-state index in [1.54, 1.807) is 0 Å². The summed E-state index contributed by atoms with van der Waals surface area (Å²) < 4.78 is 15.8. The second-order valence-electron chi connectivity index (χ2n) is 18.0. The summed E-state index contributed by atoms with van der Waals surface area (Å²) in [5.41, 5.74) is 11.4. The SMILES string of the molecule is c1ccc(-c2ccc(-c3nc(-c4ccc5c(c4)oc4ccccc45)nc(-c4ccc5c(c4)oc4cc(-n6c7cc8ccccc8cc7c7cc8ccccc8cc76)c6ccccc6c45)n3)cc2)cc1. The summed E-state index contributed by atoms with van der Waals surface area (Å²) in [6.45, 7) is 0. The first-order valence-corrected chi connectivity index (χ1v) is 23.2. The Morgan fingerprint density at radius 2 is 0.725 bits per heavy atom. The maximum Gasteiger partial charge on any atom is 0.164 e. The molecule has 6 nitrogen and oxygen atoms in total. The number of fused-ring (bicyclic) bond motifs is 13. The largest absolute Gasteiger partial charge is 0.456 e. The molecule has 0 unspecified atom stereocenters. The van der Waals surface area contributed by atoms with Crippen molar-refractivity contribution in [1.82, 2.24) is 19.5 Å². The van der Waals surface area contributed by atoms with Crippen molar-refractivity contribution >= 4 is 98.0 Å². The van der Waals surface area contributed by atoms with Crippen LogP contribution in [-0.2, 0) is 0 Å². The average Bonchev–Trinajstić information content (AvgIpc) is 4.08. The van der Waals surface area contributed by atoms with E-state index in [0.29, 0.717) is 17.5 Å². The topological polar surface area (TPSA) is 69.9 Å². The first-order chi connectivity index (χ1) is 34.1. The maximum absolute atomic E-state index is 6.99. The van der Waals surface area contributed by atoms with Crippen molar-refractivity contribution in [3.8, 4) is 51.0 Å². The fourth-order valence-electron chi connectivity index (χ4n) is 10.7. The molecule has 320 valence electrons. The molecular weight excluding hydrogens is 845 g/mol. The monoisotopic (exact) mass is 880 g/mol. The first kappa shape index (κ1) is 37.8. The fraction of sp³-hybridized carbons (Fsp3) is 0. The molecule has 0 atom stereocenters. The predicted octanol–water partition coefficient (Wildman–Crippen LogP) is 16.9. The van der Waals surface area contributed by atoms with Gasteiger partial charge in [0, 0.05) is 60.5 Å². The van der Waals surface area contributed by atoms with E-state index in [9.17, 15) is 0 Å². The second kappa shape index (κ2) is 14.6. The zero-order valence-corrected chi connectivity index (χ0v) is 36.9. The highest BCUT2D eigenvalue weighted by atomic mass is 16.3. The number of aromatic nitrogens is 4. The molecule has 0 aliphatic heterocycles. The number of nitrogens with zero attached hydrogens (tertiary/aromatic N) is 4. The number of furan rings is 2. The van der Waals surface area contributed by atoms with Crippen LogP contribution in [0.2, 0.25) is 0 Å². The van der Waals surface area contributed by atoms with Gasteiger partial charge >= 0.3 is 0 Å². The summed E-state index contributed by atoms with van der Waals surface area (Å²) >= 11 is 0. The second-order valence-corrected chi connectivity index (χ2v) is 18.0. The van der Waals surface area contributed by atoms with Crippen LogP contribution in [0.5, 0.6) is 0 Å². The summed E-state index contributed by atoms with van der Waals surface area (Å²) in [7, 11) is 0. The molecule has 0 radical (unpaired) electrons. The Bertz CT molecular complexity index is 4510. The van der Waals surface area contributed by atoms with E-state index < -0.39 is 0 Å². The number of hydrogen-bond acceptors (Lipinski definition) is 5. The maximum atomic E-state index is 6.99. The van der Waals surface area contributed by atoms with Crippen molar-refractivity contribution < 1.29 is 8.83 Å². The lowest BCUT2D eigenvalue weighted by atomic mass is 10.0. The van der Waals surface area contributed by atoms with E-state index in [2.05, 4.69) is 193 Å². The van der Waals surface area contributed by atoms with Crippen molar-refractivity contribution in [3.63, 3.8) is 0 Å². The van der Waals surface area contributed by atoms with Crippen molar-refractivity contribution in [2.75, 3.05) is 0 Å². The molecule has 0 saturated carbocycles. The Hall–Kier alpha value is -9.39. The van der Waals surface area contributed by atoms with Crippen LogP contribution in [-0.4, -0.2) is 19.5 Å². The van der Waals surface area contributed by atoms with E-state index in [4.69, 9.17) is 23.8 Å². The molecule has 4 aromatic heterocycles. The highest BCUT2D eigenvalue weighted by Crippen LogP contribution is 2.43. The van der Waals surface area contributed by atoms with Crippen LogP contribution in [0.1, 0.15) is 0 Å². The normalized spacial score (nSPS) is 12.1. The van der Waals surface area contributed by atoms with Crippen LogP contribution < -0.4 is 0 Å². The van der Waals surface area contributed by atoms with Gasteiger partial charge in [-0.2, -0.15) is 0 Å². The van der Waals surface area contributed by atoms with Gasteiger partial charge in [0.1, 0.15) is 22.3 Å². The van der Waals surface area contributed by atoms with Crippen molar-refractivity contribution in [3.05, 3.63) is 218 Å². The lowest BCUT2D eigenvalue weighted by Gasteiger charge is -2.13. The summed E-state index contributed by atoms with van der Waals surface area (Å²) in [5.74, 6) is 1.67. The highest BCUT2D eigenvalue weighted by Gasteiger charge is 2.22. The predicted molar refractivity (Wildman–Crippen MR) is 283 cm³/mol. The molecule has 6 heteroatoms. The Balaban J connectivity index is 0.923. The molecule has 11 aromatic carbocycles. The van der Waals surface area contributed by atoms with Gasteiger partial charge in [0.15, 0.2) is 17.5 Å². The minimum atomic E-state index is 0.546. The van der Waals surface area contributed by atoms with Crippen LogP contribution >= 0.6 is 0 Å². The number of hydrogen-bond donors (Lipinski definition) is 0. The van der Waals surface area contributed by atoms with E-state index in [1.165, 1.54) is 32.3 Å². The lowest BCUT2D eigenvalue weighted by Crippen LogP contribution is -2.00. The minimum Gasteiger partial charge on any atom is -0.456 e. The third kappa shape index (κ3) is 5.89. The third-order valence-corrected chi connectivity index (χ3v) is 14.0. The van der Waals surface area contributed by atoms with E-state index >= 15 is 0 Å². The van der Waals surface area contributed by atoms with Gasteiger partial charge in [-0.1, -0.05) is 158 Å². The summed E-state index contributed by atoms with van der Waals surface area (Å²) in [4.78, 5) is 15.5. The van der Waals surface area contributed by atoms with Gasteiger partial charge < -0.3 is 13.4 Å². The van der Waals surface area contributed by atoms with Gasteiger partial charge in [-0.05, 0) is 92.7 Å². The van der Waals surface area contributed by atoms with Gasteiger partial charge in [-0.25, -0.2) is 15.0 Å². The van der Waals surface area contributed by atoms with Crippen LogP contribution in [0.15, 0.2) is 227 Å². The molecule has 0 bridgehead atoms. The number of rotatable bonds is 5. The zero-order chi connectivity index (χ0) is 45.2. The Morgan fingerprint density at radius 1 is 0.275 bits per heavy atom. The first-order valence-electron chi connectivity index (χ1n) is 23.2. The van der Waals surface area contributed by atoms with E-state index in [1.807, 2.05) is 30.3 Å². The van der Waals surface area contributed by atoms with Gasteiger partial charge in [-0.3, -0.25) is 0 Å². The van der Waals surface area contributed by atoms with Crippen LogP contribution in [0.4, 0.5) is 0 Å². The molecule has 69 heavy (non-hydrogen) atoms. The molecule has 0 N–H and O–H groups in total. The Kier molecular flexibility index (Phi) is 7.97. The number of para-hydroxylation sites is 1. The van der Waals surface area contributed by atoms with Crippen LogP contribution in [0.3, 0.4) is 0 Å². The molecular formula is C63H36N4O2. The minimum absolute atomic E-state index is 0.546. The molecule has 0 aliphatic rings. The molecule has 15 rings (SSSR count). The third-order valence-electron chi connectivity index (χ3n) is 14.0. The smallest absolute Gasteiger partial charge is 0.164 e. The molecule has 0 aliphatic carbocycles. The molecule has 0 spiro atoms. The standard InChI is InChI=1S/C63H36N4O2/c1-2-12-37(13-3-1)38-22-24-39(25-23-38)61-64-62(44-26-28-48-47-19-10-11-21-56(47)68-57(48)34-44)66-63(65-61)45-27-29-50-58(35-45)69-59-36-55(46-18-8-9-20-49(46)60(50)59)67-53-32-42-16-6-4-14-40(42)30-51(53)52-31-41-15-5-7-17-43(41)33-54(52)67/h1-36H. The van der Waals surface area contributed by atoms with E-state index in [-0.39, 0.29) is 0 Å². The highest BCUT2D eigenvalue weighted by molar-refractivity contribution is 6.23. The van der Waals surface area contributed by atoms with Crippen molar-refractivity contribution in [2.45, 2.75) is 0 Å². The molecule has 15 aromatic rings. The molecule has 0 saturated heterocycles. The Labute approximate surface area is 394 Å². The molecule has 4 heterocycles. The summed E-state index contributed by atoms with van der Waals surface area (Å²) in [5, 5.41) is 13.8. The van der Waals surface area contributed by atoms with E-state index in [0.717, 1.165) is 99.2 Å². The van der Waals surface area contributed by atoms with Crippen LogP contribution in [0, 0.1) is 0 Å². The zero-order valence-electron chi connectivity index (χ0n) is 36.9. The fourth-order valence-corrected chi connectivity index (χ4v) is 10.7. The molecule has 0 amide bonds. The number of benzene rings is 11.